The first-order chi connectivity index (χ1) is 7.91. The third-order valence-corrected chi connectivity index (χ3v) is 2.85. The Morgan fingerprint density at radius 3 is 2.59 bits per heavy atom. The zero-order chi connectivity index (χ0) is 13.0. The van der Waals surface area contributed by atoms with Crippen LogP contribution < -0.4 is 5.73 Å². The van der Waals surface area contributed by atoms with E-state index in [1.165, 1.54) is 0 Å². The fourth-order valence-electron chi connectivity index (χ4n) is 1.26. The molecule has 0 aliphatic carbocycles. The third-order valence-electron chi connectivity index (χ3n) is 1.90. The number of carboxylic acids is 1. The number of aromatic nitrogens is 3. The summed E-state index contributed by atoms with van der Waals surface area (Å²) in [5.74, 6) is -0.883. The van der Waals surface area contributed by atoms with Gasteiger partial charge < -0.3 is 10.8 Å². The second kappa shape index (κ2) is 5.67. The van der Waals surface area contributed by atoms with Crippen molar-refractivity contribution in [3.63, 3.8) is 0 Å². The maximum absolute atomic E-state index is 11.0. The average molecular weight is 258 g/mol. The Morgan fingerprint density at radius 1 is 1.47 bits per heavy atom. The number of nitrogens with two attached hydrogens (primary N) is 1. The molecule has 0 aliphatic heterocycles. The van der Waals surface area contributed by atoms with Crippen molar-refractivity contribution < 1.29 is 14.7 Å². The first kappa shape index (κ1) is 13.5. The summed E-state index contributed by atoms with van der Waals surface area (Å²) in [5, 5.41) is 16.8. The number of rotatable bonds is 6. The van der Waals surface area contributed by atoms with Crippen LogP contribution in [0.2, 0.25) is 0 Å². The SMILES string of the molecule is CC(C)c1nnc(SCC(=O)O)n1CC(N)=O. The summed E-state index contributed by atoms with van der Waals surface area (Å²) >= 11 is 1.02. The van der Waals surface area contributed by atoms with Crippen LogP contribution in [-0.4, -0.2) is 37.5 Å². The highest BCUT2D eigenvalue weighted by Crippen LogP contribution is 2.20. The Hall–Kier alpha value is -1.57. The minimum Gasteiger partial charge on any atom is -0.481 e. The molecule has 0 radical (unpaired) electrons. The number of aliphatic carboxylic acids is 1. The molecule has 0 atom stereocenters. The number of amides is 1. The van der Waals surface area contributed by atoms with Crippen LogP contribution in [0, 0.1) is 0 Å². The molecule has 0 spiro atoms. The van der Waals surface area contributed by atoms with Crippen LogP contribution in [0.25, 0.3) is 0 Å². The number of hydrogen-bond acceptors (Lipinski definition) is 5. The van der Waals surface area contributed by atoms with E-state index in [1.54, 1.807) is 4.57 Å². The molecular formula is C9H14N4O3S. The zero-order valence-corrected chi connectivity index (χ0v) is 10.4. The first-order valence-electron chi connectivity index (χ1n) is 4.97. The number of hydrogen-bond donors (Lipinski definition) is 2. The van der Waals surface area contributed by atoms with E-state index in [9.17, 15) is 9.59 Å². The first-order valence-corrected chi connectivity index (χ1v) is 5.96. The standard InChI is InChI=1S/C9H14N4O3S/c1-5(2)8-11-12-9(17-4-7(15)16)13(8)3-6(10)14/h5H,3-4H2,1-2H3,(H2,10,14)(H,15,16). The van der Waals surface area contributed by atoms with Crippen molar-refractivity contribution in [3.8, 4) is 0 Å². The Balaban J connectivity index is 2.95. The predicted molar refractivity (Wildman–Crippen MR) is 61.7 cm³/mol. The van der Waals surface area contributed by atoms with Gasteiger partial charge in [-0.05, 0) is 0 Å². The zero-order valence-electron chi connectivity index (χ0n) is 9.58. The van der Waals surface area contributed by atoms with E-state index in [-0.39, 0.29) is 18.2 Å². The summed E-state index contributed by atoms with van der Waals surface area (Å²) in [4.78, 5) is 21.4. The highest BCUT2D eigenvalue weighted by atomic mass is 32.2. The molecule has 1 aromatic rings. The van der Waals surface area contributed by atoms with Gasteiger partial charge in [0.2, 0.25) is 5.91 Å². The van der Waals surface area contributed by atoms with Crippen LogP contribution in [0.15, 0.2) is 5.16 Å². The maximum atomic E-state index is 11.0. The quantitative estimate of drug-likeness (QED) is 0.698. The van der Waals surface area contributed by atoms with Gasteiger partial charge in [0.1, 0.15) is 12.4 Å². The van der Waals surface area contributed by atoms with E-state index in [0.717, 1.165) is 11.8 Å². The lowest BCUT2D eigenvalue weighted by Gasteiger charge is -2.09. The van der Waals surface area contributed by atoms with Gasteiger partial charge in [0.05, 0.1) is 5.75 Å². The maximum Gasteiger partial charge on any atom is 0.313 e. The van der Waals surface area contributed by atoms with Crippen molar-refractivity contribution in [1.82, 2.24) is 14.8 Å². The van der Waals surface area contributed by atoms with E-state index in [0.29, 0.717) is 11.0 Å². The number of primary amides is 1. The van der Waals surface area contributed by atoms with Crippen molar-refractivity contribution in [3.05, 3.63) is 5.82 Å². The number of carbonyl (C=O) groups excluding carboxylic acids is 1. The number of carboxylic acid groups (broad SMARTS) is 1. The van der Waals surface area contributed by atoms with Crippen LogP contribution in [-0.2, 0) is 16.1 Å². The van der Waals surface area contributed by atoms with Gasteiger partial charge in [-0.3, -0.25) is 14.2 Å². The molecule has 1 aromatic heterocycles. The lowest BCUT2D eigenvalue weighted by atomic mass is 10.2. The second-order valence-corrected chi connectivity index (χ2v) is 4.67. The van der Waals surface area contributed by atoms with E-state index < -0.39 is 11.9 Å². The fourth-order valence-corrected chi connectivity index (χ4v) is 1.93. The summed E-state index contributed by atoms with van der Waals surface area (Å²) in [6, 6.07) is 0. The topological polar surface area (TPSA) is 111 Å². The van der Waals surface area contributed by atoms with Crippen molar-refractivity contribution in [2.45, 2.75) is 31.5 Å². The molecule has 0 unspecified atom stereocenters. The van der Waals surface area contributed by atoms with Crippen LogP contribution in [0.1, 0.15) is 25.6 Å². The molecule has 1 heterocycles. The van der Waals surface area contributed by atoms with Crippen molar-refractivity contribution in [2.75, 3.05) is 5.75 Å². The normalized spacial score (nSPS) is 10.8. The predicted octanol–water partition coefficient (Wildman–Crippen LogP) is 0.0635. The lowest BCUT2D eigenvalue weighted by Crippen LogP contribution is -2.21. The van der Waals surface area contributed by atoms with E-state index in [4.69, 9.17) is 10.8 Å². The van der Waals surface area contributed by atoms with Gasteiger partial charge in [-0.15, -0.1) is 10.2 Å². The molecule has 0 fully saturated rings. The van der Waals surface area contributed by atoms with Gasteiger partial charge in [-0.2, -0.15) is 0 Å². The highest BCUT2D eigenvalue weighted by Gasteiger charge is 2.17. The van der Waals surface area contributed by atoms with Crippen LogP contribution >= 0.6 is 11.8 Å². The molecule has 1 amide bonds. The Kier molecular flexibility index (Phi) is 4.50. The summed E-state index contributed by atoms with van der Waals surface area (Å²) in [7, 11) is 0. The molecule has 94 valence electrons. The van der Waals surface area contributed by atoms with Crippen LogP contribution in [0.5, 0.6) is 0 Å². The summed E-state index contributed by atoms with van der Waals surface area (Å²) in [5.41, 5.74) is 5.14. The summed E-state index contributed by atoms with van der Waals surface area (Å²) < 4.78 is 1.56. The monoisotopic (exact) mass is 258 g/mol. The van der Waals surface area contributed by atoms with Gasteiger partial charge in [0, 0.05) is 5.92 Å². The Morgan fingerprint density at radius 2 is 2.12 bits per heavy atom. The molecule has 7 nitrogen and oxygen atoms in total. The fraction of sp³-hybridized carbons (Fsp3) is 0.556. The van der Waals surface area contributed by atoms with Gasteiger partial charge in [-0.1, -0.05) is 25.6 Å². The molecule has 1 rings (SSSR count). The number of thioether (sulfide) groups is 1. The second-order valence-electron chi connectivity index (χ2n) is 3.73. The molecule has 17 heavy (non-hydrogen) atoms. The molecular weight excluding hydrogens is 244 g/mol. The molecule has 0 bridgehead atoms. The number of carbonyl (C=O) groups is 2. The smallest absolute Gasteiger partial charge is 0.313 e. The Bertz CT molecular complexity index is 430. The molecule has 3 N–H and O–H groups in total. The van der Waals surface area contributed by atoms with E-state index in [2.05, 4.69) is 10.2 Å². The Labute approximate surface area is 102 Å². The number of nitrogens with zero attached hydrogens (tertiary/aromatic N) is 3. The van der Waals surface area contributed by atoms with Gasteiger partial charge in [0.25, 0.3) is 0 Å². The van der Waals surface area contributed by atoms with Crippen molar-refractivity contribution in [1.29, 1.82) is 0 Å². The van der Waals surface area contributed by atoms with Gasteiger partial charge >= 0.3 is 5.97 Å². The molecule has 0 saturated heterocycles. The largest absolute Gasteiger partial charge is 0.481 e. The van der Waals surface area contributed by atoms with Crippen LogP contribution in [0.4, 0.5) is 0 Å². The summed E-state index contributed by atoms with van der Waals surface area (Å²) in [6.45, 7) is 3.78. The van der Waals surface area contributed by atoms with E-state index in [1.807, 2.05) is 13.8 Å². The van der Waals surface area contributed by atoms with Crippen molar-refractivity contribution >= 4 is 23.6 Å². The van der Waals surface area contributed by atoms with Gasteiger partial charge in [-0.25, -0.2) is 0 Å². The molecule has 0 saturated carbocycles. The van der Waals surface area contributed by atoms with E-state index >= 15 is 0 Å². The lowest BCUT2D eigenvalue weighted by molar-refractivity contribution is -0.133. The third kappa shape index (κ3) is 3.74. The molecule has 0 aliphatic rings. The molecule has 8 heteroatoms. The minimum atomic E-state index is -0.949. The summed E-state index contributed by atoms with van der Waals surface area (Å²) in [6.07, 6.45) is 0. The highest BCUT2D eigenvalue weighted by molar-refractivity contribution is 7.99. The van der Waals surface area contributed by atoms with Crippen molar-refractivity contribution in [2.24, 2.45) is 5.73 Å². The molecule has 0 aromatic carbocycles. The minimum absolute atomic E-state index is 0.0392. The van der Waals surface area contributed by atoms with Crippen LogP contribution in [0.3, 0.4) is 0 Å². The average Bonchev–Trinajstić information content (AvgIpc) is 2.57. The van der Waals surface area contributed by atoms with Gasteiger partial charge in [0.15, 0.2) is 5.16 Å².